The highest BCUT2D eigenvalue weighted by molar-refractivity contribution is 5.70. The summed E-state index contributed by atoms with van der Waals surface area (Å²) in [6.45, 7) is 0.888. The van der Waals surface area contributed by atoms with Crippen molar-refractivity contribution in [2.24, 2.45) is 18.9 Å². The third kappa shape index (κ3) is 5.29. The molecule has 0 bridgehead atoms. The fourth-order valence-corrected chi connectivity index (χ4v) is 4.31. The fourth-order valence-electron chi connectivity index (χ4n) is 4.31. The van der Waals surface area contributed by atoms with Crippen molar-refractivity contribution in [3.05, 3.63) is 60.7 Å². The molecule has 4 aromatic rings. The van der Waals surface area contributed by atoms with Crippen LogP contribution in [0.2, 0.25) is 0 Å². The van der Waals surface area contributed by atoms with Gasteiger partial charge in [-0.1, -0.05) is 11.3 Å². The van der Waals surface area contributed by atoms with Gasteiger partial charge in [-0.25, -0.2) is 14.6 Å². The lowest BCUT2D eigenvalue weighted by molar-refractivity contribution is -0.141. The molecule has 0 saturated heterocycles. The van der Waals surface area contributed by atoms with Gasteiger partial charge in [-0.15, -0.1) is 5.10 Å². The standard InChI is InChI=1S/C25H26N8O3/c1-33-22(14-29-25-27-11-9-20(30-25)19-4-2-3-10-26-19)23(31-32-33)21-8-7-18(13-28-21)36-15-16-5-6-17(12-16)24(34)35/h2-4,7-11,13,16-17H,5-6,12,14-15H2,1H3,(H,34,35)(H,27,29,30)/t16-,17+/m1/s1. The Morgan fingerprint density at radius 3 is 2.75 bits per heavy atom. The summed E-state index contributed by atoms with van der Waals surface area (Å²) in [4.78, 5) is 28.9. The van der Waals surface area contributed by atoms with Gasteiger partial charge in [0.2, 0.25) is 5.95 Å². The average Bonchev–Trinajstić information content (AvgIpc) is 3.54. The summed E-state index contributed by atoms with van der Waals surface area (Å²) < 4.78 is 7.56. The van der Waals surface area contributed by atoms with Crippen LogP contribution in [0.5, 0.6) is 5.75 Å². The second-order valence-corrected chi connectivity index (χ2v) is 8.75. The summed E-state index contributed by atoms with van der Waals surface area (Å²) in [5.41, 5.74) is 3.64. The molecular formula is C25H26N8O3. The van der Waals surface area contributed by atoms with E-state index in [1.165, 1.54) is 0 Å². The van der Waals surface area contributed by atoms with Gasteiger partial charge in [0.05, 0.1) is 48.0 Å². The molecule has 1 saturated carbocycles. The maximum atomic E-state index is 11.1. The van der Waals surface area contributed by atoms with Crippen molar-refractivity contribution in [3.63, 3.8) is 0 Å². The molecule has 5 rings (SSSR count). The van der Waals surface area contributed by atoms with Crippen LogP contribution in [-0.4, -0.2) is 52.6 Å². The molecule has 1 aliphatic rings. The number of pyridine rings is 2. The van der Waals surface area contributed by atoms with Crippen molar-refractivity contribution in [2.75, 3.05) is 11.9 Å². The highest BCUT2D eigenvalue weighted by Gasteiger charge is 2.30. The van der Waals surface area contributed by atoms with Gasteiger partial charge < -0.3 is 15.2 Å². The number of carbonyl (C=O) groups is 1. The van der Waals surface area contributed by atoms with Crippen molar-refractivity contribution < 1.29 is 14.6 Å². The minimum atomic E-state index is -0.717. The molecular weight excluding hydrogens is 460 g/mol. The molecule has 1 fully saturated rings. The largest absolute Gasteiger partial charge is 0.492 e. The van der Waals surface area contributed by atoms with E-state index < -0.39 is 5.97 Å². The van der Waals surface area contributed by atoms with Crippen molar-refractivity contribution in [1.29, 1.82) is 0 Å². The van der Waals surface area contributed by atoms with Crippen LogP contribution in [0.1, 0.15) is 25.0 Å². The molecule has 36 heavy (non-hydrogen) atoms. The smallest absolute Gasteiger partial charge is 0.306 e. The van der Waals surface area contributed by atoms with Crippen LogP contribution >= 0.6 is 0 Å². The lowest BCUT2D eigenvalue weighted by Gasteiger charge is -2.12. The molecule has 2 atom stereocenters. The summed E-state index contributed by atoms with van der Waals surface area (Å²) >= 11 is 0. The third-order valence-electron chi connectivity index (χ3n) is 6.29. The molecule has 11 nitrogen and oxygen atoms in total. The number of hydrogen-bond acceptors (Lipinski definition) is 9. The normalized spacial score (nSPS) is 17.1. The molecule has 4 aromatic heterocycles. The predicted octanol–water partition coefficient (Wildman–Crippen LogP) is 3.22. The fraction of sp³-hybridized carbons (Fsp3) is 0.320. The molecule has 0 unspecified atom stereocenters. The molecule has 1 aliphatic carbocycles. The first-order chi connectivity index (χ1) is 17.6. The summed E-state index contributed by atoms with van der Waals surface area (Å²) in [6, 6.07) is 11.2. The van der Waals surface area contributed by atoms with Crippen LogP contribution in [0.4, 0.5) is 5.95 Å². The molecule has 0 aliphatic heterocycles. The van der Waals surface area contributed by atoms with E-state index in [-0.39, 0.29) is 11.8 Å². The van der Waals surface area contributed by atoms with Gasteiger partial charge in [0, 0.05) is 19.4 Å². The molecule has 0 amide bonds. The summed E-state index contributed by atoms with van der Waals surface area (Å²) in [5.74, 6) is 0.387. The van der Waals surface area contributed by atoms with E-state index in [0.717, 1.165) is 23.5 Å². The van der Waals surface area contributed by atoms with Crippen LogP contribution in [0.3, 0.4) is 0 Å². The number of anilines is 1. The van der Waals surface area contributed by atoms with Crippen molar-refractivity contribution >= 4 is 11.9 Å². The van der Waals surface area contributed by atoms with E-state index >= 15 is 0 Å². The van der Waals surface area contributed by atoms with Crippen LogP contribution < -0.4 is 10.1 Å². The van der Waals surface area contributed by atoms with Crippen LogP contribution in [-0.2, 0) is 18.4 Å². The number of aliphatic carboxylic acids is 1. The summed E-state index contributed by atoms with van der Waals surface area (Å²) in [6.07, 6.45) is 7.31. The Morgan fingerprint density at radius 2 is 2.00 bits per heavy atom. The Balaban J connectivity index is 1.23. The van der Waals surface area contributed by atoms with E-state index in [9.17, 15) is 4.79 Å². The predicted molar refractivity (Wildman–Crippen MR) is 131 cm³/mol. The molecule has 184 valence electrons. The number of ether oxygens (including phenoxy) is 1. The monoisotopic (exact) mass is 486 g/mol. The van der Waals surface area contributed by atoms with E-state index in [1.54, 1.807) is 23.3 Å². The van der Waals surface area contributed by atoms with Gasteiger partial charge in [-0.2, -0.15) is 0 Å². The molecule has 0 aromatic carbocycles. The first-order valence-electron chi connectivity index (χ1n) is 11.8. The minimum absolute atomic E-state index is 0.252. The lowest BCUT2D eigenvalue weighted by atomic mass is 10.1. The van der Waals surface area contributed by atoms with E-state index in [1.807, 2.05) is 43.4 Å². The number of nitrogens with one attached hydrogen (secondary N) is 1. The SMILES string of the molecule is Cn1nnc(-c2ccc(OC[C@@H]3CC[C@H](C(=O)O)C3)cn2)c1CNc1nccc(-c2ccccn2)n1. The average molecular weight is 487 g/mol. The zero-order chi connectivity index (χ0) is 24.9. The molecule has 4 heterocycles. The molecule has 0 radical (unpaired) electrons. The lowest BCUT2D eigenvalue weighted by Crippen LogP contribution is -2.13. The number of rotatable bonds is 9. The maximum absolute atomic E-state index is 11.1. The second kappa shape index (κ2) is 10.5. The van der Waals surface area contributed by atoms with Gasteiger partial charge >= 0.3 is 5.97 Å². The highest BCUT2D eigenvalue weighted by atomic mass is 16.5. The van der Waals surface area contributed by atoms with Crippen LogP contribution in [0.25, 0.3) is 22.8 Å². The summed E-state index contributed by atoms with van der Waals surface area (Å²) in [5, 5.41) is 20.9. The Labute approximate surface area is 207 Å². The number of carboxylic acid groups (broad SMARTS) is 1. The second-order valence-electron chi connectivity index (χ2n) is 8.75. The minimum Gasteiger partial charge on any atom is -0.492 e. The van der Waals surface area contributed by atoms with Crippen molar-refractivity contribution in [2.45, 2.75) is 25.8 Å². The zero-order valence-corrected chi connectivity index (χ0v) is 19.8. The van der Waals surface area contributed by atoms with Gasteiger partial charge in [0.15, 0.2) is 0 Å². The molecule has 0 spiro atoms. The Kier molecular flexibility index (Phi) is 6.78. The first kappa shape index (κ1) is 23.3. The zero-order valence-electron chi connectivity index (χ0n) is 19.8. The van der Waals surface area contributed by atoms with Crippen molar-refractivity contribution in [3.8, 4) is 28.5 Å². The topological polar surface area (TPSA) is 141 Å². The highest BCUT2D eigenvalue weighted by Crippen LogP contribution is 2.31. The first-order valence-corrected chi connectivity index (χ1v) is 11.8. The number of aromatic nitrogens is 7. The number of aryl methyl sites for hydroxylation is 1. The van der Waals surface area contributed by atoms with Crippen LogP contribution in [0.15, 0.2) is 55.0 Å². The maximum Gasteiger partial charge on any atom is 0.306 e. The molecule has 11 heteroatoms. The number of carboxylic acids is 1. The number of hydrogen-bond donors (Lipinski definition) is 2. The number of nitrogens with zero attached hydrogens (tertiary/aromatic N) is 7. The molecule has 2 N–H and O–H groups in total. The Bertz CT molecular complexity index is 1330. The van der Waals surface area contributed by atoms with E-state index in [2.05, 4.69) is 35.6 Å². The Morgan fingerprint density at radius 1 is 1.08 bits per heavy atom. The summed E-state index contributed by atoms with van der Waals surface area (Å²) in [7, 11) is 1.82. The van der Waals surface area contributed by atoms with Gasteiger partial charge in [-0.05, 0) is 55.5 Å². The van der Waals surface area contributed by atoms with Gasteiger partial charge in [-0.3, -0.25) is 14.8 Å². The van der Waals surface area contributed by atoms with Gasteiger partial charge in [0.1, 0.15) is 11.4 Å². The van der Waals surface area contributed by atoms with E-state index in [0.29, 0.717) is 49.1 Å². The van der Waals surface area contributed by atoms with Gasteiger partial charge in [0.25, 0.3) is 0 Å². The van der Waals surface area contributed by atoms with Crippen molar-refractivity contribution in [1.82, 2.24) is 34.9 Å². The Hall–Kier alpha value is -4.41. The van der Waals surface area contributed by atoms with Crippen LogP contribution in [0, 0.1) is 11.8 Å². The third-order valence-corrected chi connectivity index (χ3v) is 6.29. The van der Waals surface area contributed by atoms with E-state index in [4.69, 9.17) is 9.84 Å². The quantitative estimate of drug-likeness (QED) is 0.362.